The normalized spacial score (nSPS) is 11.9. The van der Waals surface area contributed by atoms with Gasteiger partial charge in [-0.25, -0.2) is 0 Å². The number of benzene rings is 6. The summed E-state index contributed by atoms with van der Waals surface area (Å²) in [6.07, 6.45) is 8.99. The molecule has 0 unspecified atom stereocenters. The molecule has 0 saturated carbocycles. The van der Waals surface area contributed by atoms with Crippen LogP contribution >= 0.6 is 6.83 Å². The Morgan fingerprint density at radius 1 is 0.344 bits per heavy atom. The maximum absolute atomic E-state index is 8.03. The average molecular weight is 841 g/mol. The Kier molecular flexibility index (Phi) is 16.2. The molecule has 320 valence electrons. The van der Waals surface area contributed by atoms with Crippen LogP contribution in [0.1, 0.15) is 72.9 Å². The van der Waals surface area contributed by atoms with Crippen molar-refractivity contribution in [2.75, 3.05) is 28.4 Å². The molecule has 0 aliphatic heterocycles. The third kappa shape index (κ3) is 12.8. The predicted octanol–water partition coefficient (Wildman–Crippen LogP) is 13.1. The quantitative estimate of drug-likeness (QED) is 0.0444. The van der Waals surface area contributed by atoms with Gasteiger partial charge in [-0.3, -0.25) is 0 Å². The molecule has 0 radical (unpaired) electrons. The first-order valence-electron chi connectivity index (χ1n) is 21.5. The van der Waals surface area contributed by atoms with Crippen molar-refractivity contribution in [3.05, 3.63) is 179 Å². The summed E-state index contributed by atoms with van der Waals surface area (Å²) in [5.41, 5.74) is 7.02. The van der Waals surface area contributed by atoms with Crippen LogP contribution < -0.4 is 28.3 Å². The molecule has 0 heterocycles. The Hall–Kier alpha value is -5.43. The van der Waals surface area contributed by atoms with E-state index in [2.05, 4.69) is 86.6 Å². The first kappa shape index (κ1) is 45.1. The van der Waals surface area contributed by atoms with Crippen LogP contribution in [0.4, 0.5) is 0 Å². The monoisotopic (exact) mass is 840 g/mol. The Morgan fingerprint density at radius 2 is 0.590 bits per heavy atom. The number of aryl methyl sites for hydroxylation is 2. The average Bonchev–Trinajstić information content (AvgIpc) is 3.29. The van der Waals surface area contributed by atoms with Crippen LogP contribution in [0.15, 0.2) is 146 Å². The van der Waals surface area contributed by atoms with Crippen molar-refractivity contribution in [3.63, 3.8) is 0 Å². The first-order chi connectivity index (χ1) is 29.7. The zero-order valence-electron chi connectivity index (χ0n) is 36.8. The van der Waals surface area contributed by atoms with Crippen molar-refractivity contribution in [1.29, 1.82) is 0 Å². The minimum absolute atomic E-state index is 0.606. The number of hydrogen-bond donors (Lipinski definition) is 0. The second-order valence-electron chi connectivity index (χ2n) is 16.0. The Morgan fingerprint density at radius 3 is 0.836 bits per heavy atom. The summed E-state index contributed by atoms with van der Waals surface area (Å²) in [7, 11) is 5.67. The van der Waals surface area contributed by atoms with Crippen LogP contribution in [-0.2, 0) is 41.9 Å². The first-order valence-corrected chi connectivity index (χ1v) is 24.4. The molecule has 0 aliphatic rings. The molecule has 9 heteroatoms. The van der Waals surface area contributed by atoms with Gasteiger partial charge in [0, 0.05) is 0 Å². The van der Waals surface area contributed by atoms with Gasteiger partial charge in [-0.2, -0.15) is 0 Å². The fourth-order valence-electron chi connectivity index (χ4n) is 8.02. The van der Waals surface area contributed by atoms with Crippen molar-refractivity contribution in [1.82, 2.24) is 0 Å². The van der Waals surface area contributed by atoms with Gasteiger partial charge in [0.25, 0.3) is 0 Å². The number of hydrogen-bond acceptors (Lipinski definition) is 7. The Bertz CT molecular complexity index is 1930. The van der Waals surface area contributed by atoms with Gasteiger partial charge in [-0.1, -0.05) is 0 Å². The summed E-state index contributed by atoms with van der Waals surface area (Å²) >= 11 is 0. The number of ether oxygens (including phenoxy) is 4. The van der Waals surface area contributed by atoms with Crippen LogP contribution in [-0.4, -0.2) is 35.8 Å². The van der Waals surface area contributed by atoms with E-state index in [4.69, 9.17) is 32.7 Å². The van der Waals surface area contributed by atoms with Crippen molar-refractivity contribution in [2.45, 2.75) is 77.0 Å². The SMILES string of the molecule is CCCCc1ccc(OB(Oc2ccc(CCCC)cc2)OP(Cc2ccc(OC)cc2)(Cc2ccc(OC)cc2)(Cc2ccc(OC)cc2)Cc2ccc(OC)cc2)cc1. The van der Waals surface area contributed by atoms with Gasteiger partial charge in [0.2, 0.25) is 0 Å². The third-order valence-electron chi connectivity index (χ3n) is 11.3. The van der Waals surface area contributed by atoms with Gasteiger partial charge in [-0.15, -0.1) is 0 Å². The Labute approximate surface area is 364 Å². The molecule has 7 nitrogen and oxygen atoms in total. The molecule has 0 N–H and O–H groups in total. The standard InChI is InChI=1S/C52H62BO7P/c1-7-9-11-41-13-33-51(34-14-41)58-53(59-52-35-15-42(16-36-52)12-10-8-2)60-61(37-43-17-25-47(54-3)26-18-43,38-44-19-27-48(55-4)28-20-44,39-45-21-29-49(56-5)30-22-45)40-46-23-31-50(57-6)32-24-46/h13-36H,7-12,37-40H2,1-6H3. The molecule has 6 rings (SSSR count). The maximum atomic E-state index is 8.03. The molecule has 0 aromatic heterocycles. The fourth-order valence-corrected chi connectivity index (χ4v) is 14.1. The predicted molar refractivity (Wildman–Crippen MR) is 252 cm³/mol. The molecule has 0 amide bonds. The summed E-state index contributed by atoms with van der Waals surface area (Å²) in [6, 6.07) is 50.2. The van der Waals surface area contributed by atoms with E-state index in [-0.39, 0.29) is 0 Å². The molecule has 6 aromatic carbocycles. The van der Waals surface area contributed by atoms with Crippen molar-refractivity contribution >= 4 is 14.2 Å². The van der Waals surface area contributed by atoms with Crippen molar-refractivity contribution in [3.8, 4) is 34.5 Å². The summed E-state index contributed by atoms with van der Waals surface area (Å²) in [6.45, 7) is 0.632. The zero-order chi connectivity index (χ0) is 42.9. The van der Waals surface area contributed by atoms with Gasteiger partial charge >= 0.3 is 366 Å². The molecule has 61 heavy (non-hydrogen) atoms. The molecule has 0 spiro atoms. The van der Waals surface area contributed by atoms with E-state index in [1.54, 1.807) is 28.4 Å². The molecule has 0 atom stereocenters. The topological polar surface area (TPSA) is 64.6 Å². The second kappa shape index (κ2) is 21.9. The van der Waals surface area contributed by atoms with Crippen LogP contribution in [0.2, 0.25) is 0 Å². The van der Waals surface area contributed by atoms with E-state index < -0.39 is 14.2 Å². The van der Waals surface area contributed by atoms with Crippen molar-refractivity contribution < 1.29 is 32.7 Å². The molecular weight excluding hydrogens is 778 g/mol. The van der Waals surface area contributed by atoms with Gasteiger partial charge in [0.05, 0.1) is 0 Å². The molecule has 0 fully saturated rings. The van der Waals surface area contributed by atoms with Gasteiger partial charge < -0.3 is 0 Å². The van der Waals surface area contributed by atoms with E-state index in [1.807, 2.05) is 72.8 Å². The van der Waals surface area contributed by atoms with Crippen LogP contribution in [0.3, 0.4) is 0 Å². The summed E-state index contributed by atoms with van der Waals surface area (Å²) in [5, 5.41) is 0. The van der Waals surface area contributed by atoms with Crippen molar-refractivity contribution in [2.24, 2.45) is 0 Å². The number of unbranched alkanes of at least 4 members (excludes halogenated alkanes) is 2. The zero-order valence-corrected chi connectivity index (χ0v) is 37.7. The van der Waals surface area contributed by atoms with Crippen LogP contribution in [0.25, 0.3) is 0 Å². The molecule has 6 aromatic rings. The molecule has 0 aliphatic carbocycles. The molecular formula is C52H62BO7P. The van der Waals surface area contributed by atoms with Gasteiger partial charge in [0.15, 0.2) is 0 Å². The number of methoxy groups -OCH3 is 4. The molecule has 0 saturated heterocycles. The van der Waals surface area contributed by atoms with E-state index in [1.165, 1.54) is 11.1 Å². The minimum atomic E-state index is -3.80. The summed E-state index contributed by atoms with van der Waals surface area (Å²) in [4.78, 5) is 0. The molecule has 0 bridgehead atoms. The summed E-state index contributed by atoms with van der Waals surface area (Å²) in [5.74, 6) is 4.51. The third-order valence-corrected chi connectivity index (χ3v) is 16.7. The van der Waals surface area contributed by atoms with Crippen LogP contribution in [0, 0.1) is 0 Å². The number of rotatable bonds is 24. The summed E-state index contributed by atoms with van der Waals surface area (Å²) < 4.78 is 44.5. The van der Waals surface area contributed by atoms with Gasteiger partial charge in [0.1, 0.15) is 0 Å². The van der Waals surface area contributed by atoms with E-state index in [0.717, 1.165) is 83.8 Å². The van der Waals surface area contributed by atoms with Crippen LogP contribution in [0.5, 0.6) is 34.5 Å². The van der Waals surface area contributed by atoms with E-state index in [0.29, 0.717) is 36.1 Å². The van der Waals surface area contributed by atoms with Gasteiger partial charge in [-0.05, 0) is 0 Å². The Balaban J connectivity index is 1.58. The van der Waals surface area contributed by atoms with E-state index in [9.17, 15) is 0 Å². The van der Waals surface area contributed by atoms with E-state index >= 15 is 0 Å². The fraction of sp³-hybridized carbons (Fsp3) is 0.308. The second-order valence-corrected chi connectivity index (χ2v) is 21.2.